The van der Waals surface area contributed by atoms with E-state index >= 15 is 0 Å². The van der Waals surface area contributed by atoms with Crippen LogP contribution < -0.4 is 26.2 Å². The van der Waals surface area contributed by atoms with Crippen molar-refractivity contribution in [3.8, 4) is 0 Å². The van der Waals surface area contributed by atoms with Crippen molar-refractivity contribution in [2.24, 2.45) is 0 Å². The highest BCUT2D eigenvalue weighted by Gasteiger charge is 2.34. The van der Waals surface area contributed by atoms with Gasteiger partial charge < -0.3 is 26.2 Å². The quantitative estimate of drug-likeness (QED) is 0.549. The third kappa shape index (κ3) is 4.76. The monoisotopic (exact) mass is 464 g/mol. The van der Waals surface area contributed by atoms with Crippen LogP contribution in [0.1, 0.15) is 31.2 Å². The van der Waals surface area contributed by atoms with Crippen molar-refractivity contribution >= 4 is 35.1 Å². The van der Waals surface area contributed by atoms with E-state index in [0.29, 0.717) is 36.0 Å². The summed E-state index contributed by atoms with van der Waals surface area (Å²) in [5.74, 6) is 0.955. The number of anilines is 4. The molecule has 1 fully saturated rings. The van der Waals surface area contributed by atoms with Gasteiger partial charge >= 0.3 is 12.2 Å². The van der Waals surface area contributed by atoms with Crippen LogP contribution in [0.15, 0.2) is 18.3 Å². The number of likely N-dealkylation sites (N-methyl/N-ethyl adjacent to an activating group) is 1. The van der Waals surface area contributed by atoms with Gasteiger partial charge in [-0.2, -0.15) is 18.2 Å². The molecule has 0 aromatic carbocycles. The molecule has 3 amide bonds. The van der Waals surface area contributed by atoms with Crippen LogP contribution in [-0.2, 0) is 11.0 Å². The van der Waals surface area contributed by atoms with Crippen LogP contribution in [0.3, 0.4) is 0 Å². The van der Waals surface area contributed by atoms with E-state index in [1.807, 2.05) is 0 Å². The van der Waals surface area contributed by atoms with Crippen LogP contribution in [-0.4, -0.2) is 52.1 Å². The molecular weight excluding hydrogens is 441 g/mol. The average Bonchev–Trinajstić information content (AvgIpc) is 2.71. The molecule has 1 aliphatic carbocycles. The number of urea groups is 1. The fraction of sp³-hybridized carbons (Fsp3) is 0.450. The number of hydrogen-bond acceptors (Lipinski definition) is 7. The Labute approximate surface area is 187 Å². The van der Waals surface area contributed by atoms with Gasteiger partial charge in [0.1, 0.15) is 17.4 Å². The van der Waals surface area contributed by atoms with E-state index in [4.69, 9.17) is 0 Å². The SMILES string of the molecule is Cc1nc(N[C@H]2C[C@H](NC(=O)Nc3ccc(C(F)(F)F)nc3)C2)nc2c1NC(=O)[C@H](C)N2C. The Morgan fingerprint density at radius 2 is 1.94 bits per heavy atom. The molecule has 13 heteroatoms. The van der Waals surface area contributed by atoms with E-state index in [0.717, 1.165) is 18.3 Å². The molecule has 3 heterocycles. The Morgan fingerprint density at radius 3 is 2.58 bits per heavy atom. The molecule has 176 valence electrons. The Morgan fingerprint density at radius 1 is 1.21 bits per heavy atom. The molecule has 1 aliphatic heterocycles. The van der Waals surface area contributed by atoms with E-state index in [1.165, 1.54) is 0 Å². The van der Waals surface area contributed by atoms with Gasteiger partial charge in [-0.05, 0) is 38.8 Å². The average molecular weight is 464 g/mol. The maximum atomic E-state index is 12.6. The first-order valence-electron chi connectivity index (χ1n) is 10.3. The maximum Gasteiger partial charge on any atom is 0.433 e. The molecule has 10 nitrogen and oxygen atoms in total. The first-order chi connectivity index (χ1) is 15.5. The van der Waals surface area contributed by atoms with E-state index < -0.39 is 17.9 Å². The van der Waals surface area contributed by atoms with Crippen LogP contribution >= 0.6 is 0 Å². The molecule has 0 unspecified atom stereocenters. The number of aryl methyl sites for hydroxylation is 1. The van der Waals surface area contributed by atoms with Crippen molar-refractivity contribution in [3.05, 3.63) is 29.7 Å². The van der Waals surface area contributed by atoms with E-state index in [2.05, 4.69) is 36.2 Å². The number of nitrogens with zero attached hydrogens (tertiary/aromatic N) is 4. The zero-order valence-corrected chi connectivity index (χ0v) is 18.1. The predicted molar refractivity (Wildman–Crippen MR) is 115 cm³/mol. The second-order valence-electron chi connectivity index (χ2n) is 8.15. The molecule has 0 radical (unpaired) electrons. The van der Waals surface area contributed by atoms with Gasteiger partial charge in [0.2, 0.25) is 11.9 Å². The summed E-state index contributed by atoms with van der Waals surface area (Å²) >= 11 is 0. The summed E-state index contributed by atoms with van der Waals surface area (Å²) in [7, 11) is 1.80. The maximum absolute atomic E-state index is 12.6. The van der Waals surface area contributed by atoms with Crippen LogP contribution in [0.2, 0.25) is 0 Å². The lowest BCUT2D eigenvalue weighted by atomic mass is 9.87. The van der Waals surface area contributed by atoms with E-state index in [9.17, 15) is 22.8 Å². The van der Waals surface area contributed by atoms with Crippen LogP contribution in [0.5, 0.6) is 0 Å². The van der Waals surface area contributed by atoms with Crippen molar-refractivity contribution in [1.29, 1.82) is 0 Å². The van der Waals surface area contributed by atoms with Gasteiger partial charge in [0.15, 0.2) is 5.82 Å². The molecule has 0 bridgehead atoms. The molecule has 1 atom stereocenters. The first-order valence-corrected chi connectivity index (χ1v) is 10.3. The summed E-state index contributed by atoms with van der Waals surface area (Å²) in [6.07, 6.45) is -2.32. The minimum absolute atomic E-state index is 0.0430. The molecule has 2 aromatic heterocycles. The van der Waals surface area contributed by atoms with Gasteiger partial charge in [-0.3, -0.25) is 4.79 Å². The lowest BCUT2D eigenvalue weighted by Crippen LogP contribution is -2.51. The summed E-state index contributed by atoms with van der Waals surface area (Å²) in [6, 6.07) is 1.02. The number of rotatable bonds is 4. The summed E-state index contributed by atoms with van der Waals surface area (Å²) in [5, 5.41) is 11.3. The number of carbonyl (C=O) groups is 2. The van der Waals surface area contributed by atoms with E-state index in [1.54, 1.807) is 25.8 Å². The molecule has 1 saturated carbocycles. The van der Waals surface area contributed by atoms with Crippen molar-refractivity contribution in [2.75, 3.05) is 27.9 Å². The first kappa shape index (κ1) is 22.6. The highest BCUT2D eigenvalue weighted by Crippen LogP contribution is 2.33. The van der Waals surface area contributed by atoms with Crippen molar-refractivity contribution in [3.63, 3.8) is 0 Å². The standard InChI is InChI=1S/C20H23F3N8O2/c1-9-15-16(31(3)10(2)17(32)29-15)30-18(25-9)26-12-6-13(7-12)28-19(33)27-11-4-5-14(24-8-11)20(21,22)23/h4-5,8,10,12-13H,6-7H2,1-3H3,(H,29,32)(H,25,26,30)(H2,27,28,33)/t10-,12-,13-/m0/s1. The van der Waals surface area contributed by atoms with Gasteiger partial charge in [0.05, 0.1) is 17.6 Å². The lowest BCUT2D eigenvalue weighted by molar-refractivity contribution is -0.141. The Hall–Kier alpha value is -3.64. The second kappa shape index (κ2) is 8.37. The number of pyridine rings is 1. The highest BCUT2D eigenvalue weighted by atomic mass is 19.4. The summed E-state index contributed by atoms with van der Waals surface area (Å²) in [6.45, 7) is 3.58. The third-order valence-corrected chi connectivity index (χ3v) is 5.73. The fourth-order valence-corrected chi connectivity index (χ4v) is 3.64. The number of hydrogen-bond donors (Lipinski definition) is 4. The number of amides is 3. The molecule has 33 heavy (non-hydrogen) atoms. The highest BCUT2D eigenvalue weighted by molar-refractivity contribution is 6.03. The number of fused-ring (bicyclic) bond motifs is 1. The predicted octanol–water partition coefficient (Wildman–Crippen LogP) is 2.74. The van der Waals surface area contributed by atoms with Crippen LogP contribution in [0.4, 0.5) is 41.1 Å². The largest absolute Gasteiger partial charge is 0.433 e. The molecule has 4 N–H and O–H groups in total. The van der Waals surface area contributed by atoms with Gasteiger partial charge in [-0.1, -0.05) is 0 Å². The Bertz CT molecular complexity index is 1070. The van der Waals surface area contributed by atoms with Gasteiger partial charge in [-0.25, -0.2) is 14.8 Å². The van der Waals surface area contributed by atoms with Gasteiger partial charge in [-0.15, -0.1) is 0 Å². The second-order valence-corrected chi connectivity index (χ2v) is 8.15. The minimum Gasteiger partial charge on any atom is -0.351 e. The number of aromatic nitrogens is 3. The van der Waals surface area contributed by atoms with Crippen LogP contribution in [0, 0.1) is 6.92 Å². The summed E-state index contributed by atoms with van der Waals surface area (Å²) in [5.41, 5.74) is 0.378. The summed E-state index contributed by atoms with van der Waals surface area (Å²) < 4.78 is 37.7. The zero-order valence-electron chi connectivity index (χ0n) is 18.1. The normalized spacial score (nSPS) is 22.1. The van der Waals surface area contributed by atoms with Gasteiger partial charge in [0.25, 0.3) is 0 Å². The number of carbonyl (C=O) groups excluding carboxylic acids is 2. The number of alkyl halides is 3. The zero-order chi connectivity index (χ0) is 23.9. The van der Waals surface area contributed by atoms with Gasteiger partial charge in [0, 0.05) is 19.1 Å². The molecule has 2 aliphatic rings. The third-order valence-electron chi connectivity index (χ3n) is 5.73. The smallest absolute Gasteiger partial charge is 0.351 e. The molecule has 0 saturated heterocycles. The topological polar surface area (TPSA) is 124 Å². The van der Waals surface area contributed by atoms with Crippen LogP contribution in [0.25, 0.3) is 0 Å². The lowest BCUT2D eigenvalue weighted by Gasteiger charge is -2.37. The minimum atomic E-state index is -4.53. The fourth-order valence-electron chi connectivity index (χ4n) is 3.64. The molecule has 0 spiro atoms. The van der Waals surface area contributed by atoms with Crippen molar-refractivity contribution < 1.29 is 22.8 Å². The molecule has 4 rings (SSSR count). The van der Waals surface area contributed by atoms with E-state index in [-0.39, 0.29) is 29.7 Å². The summed E-state index contributed by atoms with van der Waals surface area (Å²) in [4.78, 5) is 38.2. The number of nitrogens with one attached hydrogen (secondary N) is 4. The Balaban J connectivity index is 1.28. The number of halogens is 3. The van der Waals surface area contributed by atoms with Crippen molar-refractivity contribution in [2.45, 2.75) is 51.0 Å². The van der Waals surface area contributed by atoms with Crippen molar-refractivity contribution in [1.82, 2.24) is 20.3 Å². The molecule has 2 aromatic rings. The molecular formula is C20H23F3N8O2. The Kier molecular flexibility index (Phi) is 5.72.